The van der Waals surface area contributed by atoms with Gasteiger partial charge >= 0.3 is 0 Å². The van der Waals surface area contributed by atoms with E-state index in [1.54, 1.807) is 17.4 Å². The molecule has 0 amide bonds. The van der Waals surface area contributed by atoms with E-state index >= 15 is 0 Å². The van der Waals surface area contributed by atoms with Crippen molar-refractivity contribution in [2.75, 3.05) is 31.1 Å². The van der Waals surface area contributed by atoms with Crippen molar-refractivity contribution in [2.24, 2.45) is 0 Å². The number of hydrogen-bond acceptors (Lipinski definition) is 6. The minimum atomic E-state index is 0.559. The number of piperazine rings is 1. The highest BCUT2D eigenvalue weighted by Gasteiger charge is 2.16. The quantitative estimate of drug-likeness (QED) is 0.922. The van der Waals surface area contributed by atoms with E-state index in [4.69, 9.17) is 23.2 Å². The summed E-state index contributed by atoms with van der Waals surface area (Å²) in [5.74, 6) is 0. The molecule has 0 saturated carbocycles. The van der Waals surface area contributed by atoms with Gasteiger partial charge in [0.25, 0.3) is 0 Å². The number of rotatable bonds is 3. The fraction of sp³-hybridized carbons (Fsp3) is 0.333. The van der Waals surface area contributed by atoms with E-state index in [1.165, 1.54) is 11.8 Å². The summed E-state index contributed by atoms with van der Waals surface area (Å²) in [5.41, 5.74) is 0. The molecule has 0 unspecified atom stereocenters. The zero-order valence-corrected chi connectivity index (χ0v) is 13.6. The minimum Gasteiger partial charge on any atom is -0.344 e. The largest absolute Gasteiger partial charge is 0.344 e. The van der Waals surface area contributed by atoms with E-state index in [1.807, 2.05) is 12.1 Å². The van der Waals surface area contributed by atoms with Crippen molar-refractivity contribution in [2.45, 2.75) is 9.24 Å². The molecule has 4 nitrogen and oxygen atoms in total. The van der Waals surface area contributed by atoms with Crippen LogP contribution in [0.4, 0.5) is 5.13 Å². The van der Waals surface area contributed by atoms with E-state index < -0.39 is 0 Å². The number of nitrogens with zero attached hydrogens (tertiary/aromatic N) is 3. The Morgan fingerprint density at radius 1 is 1.20 bits per heavy atom. The molecule has 2 heterocycles. The van der Waals surface area contributed by atoms with Crippen LogP contribution in [0.3, 0.4) is 0 Å². The summed E-state index contributed by atoms with van der Waals surface area (Å²) >= 11 is 15.3. The van der Waals surface area contributed by atoms with Crippen LogP contribution in [0.2, 0.25) is 10.0 Å². The third-order valence-corrected chi connectivity index (χ3v) is 5.92. The molecule has 2 aromatic rings. The zero-order chi connectivity index (χ0) is 13.9. The smallest absolute Gasteiger partial charge is 0.209 e. The van der Waals surface area contributed by atoms with Gasteiger partial charge < -0.3 is 10.2 Å². The van der Waals surface area contributed by atoms with Gasteiger partial charge in [0, 0.05) is 31.1 Å². The SMILES string of the molecule is Clc1cccc(Sc2nnc(N3CCNCC3)s2)c1Cl. The van der Waals surface area contributed by atoms with Gasteiger partial charge in [0.15, 0.2) is 4.34 Å². The van der Waals surface area contributed by atoms with Crippen LogP contribution < -0.4 is 10.2 Å². The van der Waals surface area contributed by atoms with Gasteiger partial charge in [-0.15, -0.1) is 10.2 Å². The lowest BCUT2D eigenvalue weighted by molar-refractivity contribution is 0.586. The first kappa shape index (κ1) is 14.4. The molecule has 0 atom stereocenters. The van der Waals surface area contributed by atoms with Crippen molar-refractivity contribution in [1.29, 1.82) is 0 Å². The Hall–Kier alpha value is -0.530. The van der Waals surface area contributed by atoms with Crippen LogP contribution in [0.5, 0.6) is 0 Å². The van der Waals surface area contributed by atoms with Gasteiger partial charge in [-0.05, 0) is 12.1 Å². The van der Waals surface area contributed by atoms with Gasteiger partial charge in [0.05, 0.1) is 10.0 Å². The molecule has 8 heteroatoms. The third kappa shape index (κ3) is 3.20. The number of halogens is 2. The molecular weight excluding hydrogens is 335 g/mol. The molecule has 1 aromatic heterocycles. The highest BCUT2D eigenvalue weighted by Crippen LogP contribution is 2.39. The normalized spacial score (nSPS) is 15.6. The number of benzene rings is 1. The maximum atomic E-state index is 6.18. The summed E-state index contributed by atoms with van der Waals surface area (Å²) in [6, 6.07) is 5.60. The lowest BCUT2D eigenvalue weighted by Crippen LogP contribution is -2.43. The molecule has 1 N–H and O–H groups in total. The summed E-state index contributed by atoms with van der Waals surface area (Å²) in [4.78, 5) is 3.15. The van der Waals surface area contributed by atoms with Crippen LogP contribution in [0.1, 0.15) is 0 Å². The maximum Gasteiger partial charge on any atom is 0.209 e. The average molecular weight is 347 g/mol. The molecule has 0 aliphatic carbocycles. The van der Waals surface area contributed by atoms with E-state index in [2.05, 4.69) is 20.4 Å². The van der Waals surface area contributed by atoms with Gasteiger partial charge in [-0.2, -0.15) is 0 Å². The Balaban J connectivity index is 1.75. The first-order valence-electron chi connectivity index (χ1n) is 6.15. The standard InChI is InChI=1S/C12H12Cl2N4S2/c13-8-2-1-3-9(10(8)14)19-12-17-16-11(20-12)18-6-4-15-5-7-18/h1-3,15H,4-7H2. The predicted octanol–water partition coefficient (Wildman–Crippen LogP) is 3.41. The maximum absolute atomic E-state index is 6.18. The molecule has 1 aliphatic heterocycles. The molecule has 106 valence electrons. The van der Waals surface area contributed by atoms with Gasteiger partial charge in [-0.3, -0.25) is 0 Å². The molecular formula is C12H12Cl2N4S2. The Labute approximate surface area is 135 Å². The zero-order valence-electron chi connectivity index (χ0n) is 10.5. The number of hydrogen-bond donors (Lipinski definition) is 1. The van der Waals surface area contributed by atoms with Crippen molar-refractivity contribution in [3.05, 3.63) is 28.2 Å². The number of aromatic nitrogens is 2. The summed E-state index contributed by atoms with van der Waals surface area (Å²) in [5, 5.41) is 13.9. The fourth-order valence-corrected chi connectivity index (χ4v) is 4.26. The molecule has 1 aromatic carbocycles. The molecule has 1 fully saturated rings. The highest BCUT2D eigenvalue weighted by molar-refractivity contribution is 8.01. The predicted molar refractivity (Wildman–Crippen MR) is 85.6 cm³/mol. The fourth-order valence-electron chi connectivity index (χ4n) is 1.88. The van der Waals surface area contributed by atoms with E-state index in [0.29, 0.717) is 10.0 Å². The summed E-state index contributed by atoms with van der Waals surface area (Å²) in [6.45, 7) is 3.92. The lowest BCUT2D eigenvalue weighted by atomic mass is 10.4. The van der Waals surface area contributed by atoms with Crippen molar-refractivity contribution < 1.29 is 0 Å². The summed E-state index contributed by atoms with van der Waals surface area (Å²) in [7, 11) is 0. The molecule has 1 saturated heterocycles. The van der Waals surface area contributed by atoms with Crippen LogP contribution in [0.25, 0.3) is 0 Å². The molecule has 0 spiro atoms. The van der Waals surface area contributed by atoms with Crippen LogP contribution in [0.15, 0.2) is 27.4 Å². The van der Waals surface area contributed by atoms with Crippen molar-refractivity contribution in [3.8, 4) is 0 Å². The first-order chi connectivity index (χ1) is 9.74. The number of nitrogens with one attached hydrogen (secondary N) is 1. The van der Waals surface area contributed by atoms with Gasteiger partial charge in [-0.1, -0.05) is 52.4 Å². The van der Waals surface area contributed by atoms with Gasteiger partial charge in [0.2, 0.25) is 5.13 Å². The second-order valence-electron chi connectivity index (χ2n) is 4.24. The van der Waals surface area contributed by atoms with Gasteiger partial charge in [0.1, 0.15) is 0 Å². The van der Waals surface area contributed by atoms with Crippen molar-refractivity contribution in [1.82, 2.24) is 15.5 Å². The van der Waals surface area contributed by atoms with Gasteiger partial charge in [-0.25, -0.2) is 0 Å². The van der Waals surface area contributed by atoms with Crippen molar-refractivity contribution in [3.63, 3.8) is 0 Å². The topological polar surface area (TPSA) is 41.1 Å². The minimum absolute atomic E-state index is 0.559. The van der Waals surface area contributed by atoms with E-state index in [9.17, 15) is 0 Å². The molecule has 0 radical (unpaired) electrons. The van der Waals surface area contributed by atoms with Crippen molar-refractivity contribution >= 4 is 51.4 Å². The highest BCUT2D eigenvalue weighted by atomic mass is 35.5. The second kappa shape index (κ2) is 6.49. The molecule has 0 bridgehead atoms. The molecule has 1 aliphatic rings. The first-order valence-corrected chi connectivity index (χ1v) is 8.54. The summed E-state index contributed by atoms with van der Waals surface area (Å²) < 4.78 is 0.877. The Morgan fingerprint density at radius 2 is 2.00 bits per heavy atom. The van der Waals surface area contributed by atoms with E-state index in [-0.39, 0.29) is 0 Å². The average Bonchev–Trinajstić information content (AvgIpc) is 2.93. The lowest BCUT2D eigenvalue weighted by Gasteiger charge is -2.26. The van der Waals surface area contributed by atoms with Crippen LogP contribution in [0, 0.1) is 0 Å². The van der Waals surface area contributed by atoms with E-state index in [0.717, 1.165) is 40.5 Å². The second-order valence-corrected chi connectivity index (χ2v) is 7.27. The van der Waals surface area contributed by atoms with Crippen LogP contribution in [-0.4, -0.2) is 36.4 Å². The molecule has 3 rings (SSSR count). The molecule has 20 heavy (non-hydrogen) atoms. The Bertz CT molecular complexity index is 599. The van der Waals surface area contributed by atoms with Crippen LogP contribution >= 0.6 is 46.3 Å². The van der Waals surface area contributed by atoms with Crippen LogP contribution in [-0.2, 0) is 0 Å². The Morgan fingerprint density at radius 3 is 2.80 bits per heavy atom. The third-order valence-electron chi connectivity index (χ3n) is 2.90. The Kier molecular flexibility index (Phi) is 4.68. The summed E-state index contributed by atoms with van der Waals surface area (Å²) in [6.07, 6.45) is 0. The number of anilines is 1. The monoisotopic (exact) mass is 346 g/mol.